The molecule has 238 valence electrons. The normalized spacial score (nSPS) is 22.8. The van der Waals surface area contributed by atoms with Gasteiger partial charge in [-0.1, -0.05) is 57.0 Å². The highest BCUT2D eigenvalue weighted by Gasteiger charge is 2.44. The maximum absolute atomic E-state index is 14.1. The van der Waals surface area contributed by atoms with Gasteiger partial charge in [0.2, 0.25) is 0 Å². The summed E-state index contributed by atoms with van der Waals surface area (Å²) in [7, 11) is 0. The van der Waals surface area contributed by atoms with Crippen LogP contribution in [0.3, 0.4) is 0 Å². The number of nitrogens with zero attached hydrogens (tertiary/aromatic N) is 2. The van der Waals surface area contributed by atoms with Crippen molar-refractivity contribution in [2.75, 3.05) is 13.1 Å². The van der Waals surface area contributed by atoms with E-state index in [1.807, 2.05) is 13.0 Å². The Bertz CT molecular complexity index is 1360. The minimum absolute atomic E-state index is 0.0158. The third-order valence-corrected chi connectivity index (χ3v) is 8.58. The van der Waals surface area contributed by atoms with Crippen LogP contribution in [0.5, 0.6) is 0 Å². The smallest absolute Gasteiger partial charge is 0.412 e. The van der Waals surface area contributed by atoms with Crippen LogP contribution in [0, 0.1) is 36.3 Å². The number of nitrogens with one attached hydrogen (secondary N) is 1. The van der Waals surface area contributed by atoms with E-state index in [1.54, 1.807) is 18.2 Å². The molecule has 1 aliphatic heterocycles. The van der Waals surface area contributed by atoms with Crippen LogP contribution in [0.4, 0.5) is 13.6 Å². The fourth-order valence-corrected chi connectivity index (χ4v) is 6.36. The molecule has 1 heterocycles. The zero-order chi connectivity index (χ0) is 32.1. The van der Waals surface area contributed by atoms with Gasteiger partial charge in [-0.15, -0.1) is 0 Å². The molecule has 2 aliphatic rings. The maximum atomic E-state index is 14.1. The molecule has 0 radical (unpaired) electrons. The van der Waals surface area contributed by atoms with Crippen molar-refractivity contribution in [2.45, 2.75) is 78.1 Å². The summed E-state index contributed by atoms with van der Waals surface area (Å²) in [5.74, 6) is -4.02. The molecule has 2 fully saturated rings. The van der Waals surface area contributed by atoms with Crippen LogP contribution >= 0.6 is 0 Å². The molecule has 9 nitrogen and oxygen atoms in total. The van der Waals surface area contributed by atoms with E-state index >= 15 is 0 Å². The number of benzene rings is 2. The largest absolute Gasteiger partial charge is 0.481 e. The third-order valence-electron chi connectivity index (χ3n) is 8.58. The topological polar surface area (TPSA) is 116 Å². The number of aryl methyl sites for hydroxylation is 1. The molecule has 1 aliphatic carbocycles. The minimum Gasteiger partial charge on any atom is -0.481 e. The fraction of sp³-hybridized carbons (Fsp3) is 0.515. The molecule has 2 N–H and O–H groups in total. The summed E-state index contributed by atoms with van der Waals surface area (Å²) in [6.45, 7) is 8.18. The summed E-state index contributed by atoms with van der Waals surface area (Å²) >= 11 is 0. The molecule has 0 aromatic heterocycles. The quantitative estimate of drug-likeness (QED) is 0.396. The molecule has 0 bridgehead atoms. The number of ether oxygens (including phenoxy) is 1. The van der Waals surface area contributed by atoms with Crippen LogP contribution in [-0.2, 0) is 14.3 Å². The molecule has 11 heteroatoms. The van der Waals surface area contributed by atoms with Gasteiger partial charge in [0.05, 0.1) is 12.5 Å². The van der Waals surface area contributed by atoms with Crippen molar-refractivity contribution in [2.24, 2.45) is 17.8 Å². The predicted molar refractivity (Wildman–Crippen MR) is 158 cm³/mol. The molecule has 44 heavy (non-hydrogen) atoms. The summed E-state index contributed by atoms with van der Waals surface area (Å²) in [6, 6.07) is 8.39. The Morgan fingerprint density at radius 2 is 1.70 bits per heavy atom. The van der Waals surface area contributed by atoms with Crippen molar-refractivity contribution < 1.29 is 37.8 Å². The minimum atomic E-state index is -1.55. The lowest BCUT2D eigenvalue weighted by atomic mass is 9.75. The number of amides is 3. The van der Waals surface area contributed by atoms with Crippen molar-refractivity contribution in [1.29, 1.82) is 0 Å². The van der Waals surface area contributed by atoms with Crippen LogP contribution in [-0.4, -0.2) is 64.1 Å². The van der Waals surface area contributed by atoms with Gasteiger partial charge in [-0.3, -0.25) is 19.3 Å². The number of carboxylic acids is 1. The van der Waals surface area contributed by atoms with E-state index in [0.29, 0.717) is 24.0 Å². The maximum Gasteiger partial charge on any atom is 0.412 e. The van der Waals surface area contributed by atoms with Gasteiger partial charge in [-0.2, -0.15) is 0 Å². The highest BCUT2D eigenvalue weighted by atomic mass is 19.1. The number of aliphatic carboxylic acids is 1. The van der Waals surface area contributed by atoms with E-state index < -0.39 is 54.1 Å². The van der Waals surface area contributed by atoms with E-state index in [0.717, 1.165) is 40.3 Å². The van der Waals surface area contributed by atoms with Crippen molar-refractivity contribution in [1.82, 2.24) is 15.1 Å². The Morgan fingerprint density at radius 1 is 1.02 bits per heavy atom. The second-order valence-corrected chi connectivity index (χ2v) is 12.4. The van der Waals surface area contributed by atoms with Crippen molar-refractivity contribution in [3.05, 3.63) is 70.8 Å². The SMILES string of the molecule is Cc1cccc(C(CC(=O)O)NC(=O)C2N(C(=O)OC3CC(C)CCC3C(C)C)CCCN2C(=O)c2cc(F)cc(F)c2)c1. The molecule has 3 amide bonds. The molecule has 0 spiro atoms. The molecule has 4 rings (SSSR count). The fourth-order valence-electron chi connectivity index (χ4n) is 6.36. The number of halogens is 2. The lowest BCUT2D eigenvalue weighted by Crippen LogP contribution is -2.64. The summed E-state index contributed by atoms with van der Waals surface area (Å²) in [4.78, 5) is 55.6. The first-order valence-corrected chi connectivity index (χ1v) is 15.2. The first-order chi connectivity index (χ1) is 20.8. The second kappa shape index (κ2) is 14.2. The van der Waals surface area contributed by atoms with Gasteiger partial charge >= 0.3 is 12.1 Å². The first-order valence-electron chi connectivity index (χ1n) is 15.2. The lowest BCUT2D eigenvalue weighted by Gasteiger charge is -2.44. The molecule has 5 atom stereocenters. The standard InChI is InChI=1S/C33H41F2N3O6/c1-19(2)26-10-9-21(4)14-28(26)44-33(43)38-12-6-11-37(32(42)23-15-24(34)17-25(35)16-23)31(38)30(41)36-27(18-29(39)40)22-8-5-7-20(3)13-22/h5,7-8,13,15-17,19,21,26-28,31H,6,9-12,14,18H2,1-4H3,(H,36,41)(H,39,40). The van der Waals surface area contributed by atoms with E-state index in [-0.39, 0.29) is 43.0 Å². The molecule has 5 unspecified atom stereocenters. The Labute approximate surface area is 256 Å². The molecule has 2 aromatic carbocycles. The number of hydrogen-bond acceptors (Lipinski definition) is 5. The average molecular weight is 614 g/mol. The second-order valence-electron chi connectivity index (χ2n) is 12.4. The summed E-state index contributed by atoms with van der Waals surface area (Å²) in [6.07, 6.45) is -0.299. The van der Waals surface area contributed by atoms with Crippen LogP contribution in [0.25, 0.3) is 0 Å². The Kier molecular flexibility index (Phi) is 10.6. The lowest BCUT2D eigenvalue weighted by molar-refractivity contribution is -0.139. The molecular weight excluding hydrogens is 572 g/mol. The Balaban J connectivity index is 1.69. The van der Waals surface area contributed by atoms with Gasteiger partial charge < -0.3 is 20.1 Å². The summed E-state index contributed by atoms with van der Waals surface area (Å²) in [5.41, 5.74) is 1.06. The molecule has 1 saturated heterocycles. The number of carboxylic acid groups (broad SMARTS) is 1. The van der Waals surface area contributed by atoms with Crippen LogP contribution < -0.4 is 5.32 Å². The van der Waals surface area contributed by atoms with Crippen molar-refractivity contribution in [3.63, 3.8) is 0 Å². The monoisotopic (exact) mass is 613 g/mol. The average Bonchev–Trinajstić information content (AvgIpc) is 2.95. The van der Waals surface area contributed by atoms with Gasteiger partial charge in [-0.25, -0.2) is 13.6 Å². The van der Waals surface area contributed by atoms with Crippen molar-refractivity contribution in [3.8, 4) is 0 Å². The Morgan fingerprint density at radius 3 is 2.34 bits per heavy atom. The van der Waals surface area contributed by atoms with Gasteiger partial charge in [0, 0.05) is 24.7 Å². The summed E-state index contributed by atoms with van der Waals surface area (Å²) < 4.78 is 34.2. The molecule has 1 saturated carbocycles. The van der Waals surface area contributed by atoms with E-state index in [2.05, 4.69) is 26.1 Å². The zero-order valence-corrected chi connectivity index (χ0v) is 25.6. The number of carbonyl (C=O) groups is 4. The van der Waals surface area contributed by atoms with Gasteiger partial charge in [0.25, 0.3) is 11.8 Å². The van der Waals surface area contributed by atoms with Gasteiger partial charge in [0.1, 0.15) is 17.7 Å². The third kappa shape index (κ3) is 7.92. The van der Waals surface area contributed by atoms with Gasteiger partial charge in [0.15, 0.2) is 6.17 Å². The van der Waals surface area contributed by atoms with Crippen LogP contribution in [0.2, 0.25) is 0 Å². The molecule has 2 aromatic rings. The Hall–Kier alpha value is -4.02. The van der Waals surface area contributed by atoms with Crippen molar-refractivity contribution >= 4 is 23.9 Å². The van der Waals surface area contributed by atoms with Gasteiger partial charge in [-0.05, 0) is 61.6 Å². The zero-order valence-electron chi connectivity index (χ0n) is 25.6. The van der Waals surface area contributed by atoms with Crippen LogP contribution in [0.1, 0.15) is 80.4 Å². The van der Waals surface area contributed by atoms with E-state index in [4.69, 9.17) is 4.74 Å². The first kappa shape index (κ1) is 32.9. The van der Waals surface area contributed by atoms with E-state index in [1.165, 1.54) is 0 Å². The number of hydrogen-bond donors (Lipinski definition) is 2. The summed E-state index contributed by atoms with van der Waals surface area (Å²) in [5, 5.41) is 12.4. The number of carbonyl (C=O) groups excluding carboxylic acids is 3. The number of rotatable bonds is 8. The molecular formula is C33H41F2N3O6. The highest BCUT2D eigenvalue weighted by molar-refractivity contribution is 5.98. The van der Waals surface area contributed by atoms with Crippen LogP contribution in [0.15, 0.2) is 42.5 Å². The van der Waals surface area contributed by atoms with E-state index in [9.17, 15) is 33.1 Å². The predicted octanol–water partition coefficient (Wildman–Crippen LogP) is 5.68. The highest BCUT2D eigenvalue weighted by Crippen LogP contribution is 2.36.